The minimum atomic E-state index is -0.220. The summed E-state index contributed by atoms with van der Waals surface area (Å²) in [5, 5.41) is 5.83. The molecule has 0 atom stereocenters. The average Bonchev–Trinajstić information content (AvgIpc) is 3.05. The minimum Gasteiger partial charge on any atom is -0.349 e. The third kappa shape index (κ3) is 4.12. The summed E-state index contributed by atoms with van der Waals surface area (Å²) in [6.07, 6.45) is 2.79. The van der Waals surface area contributed by atoms with Crippen LogP contribution in [-0.4, -0.2) is 27.9 Å². The van der Waals surface area contributed by atoms with Crippen LogP contribution in [0.1, 0.15) is 59.1 Å². The molecule has 0 spiro atoms. The molecule has 1 aromatic carbocycles. The number of hydrogen-bond donors (Lipinski definition) is 2. The summed E-state index contributed by atoms with van der Waals surface area (Å²) in [7, 11) is 0. The second kappa shape index (κ2) is 8.17. The van der Waals surface area contributed by atoms with E-state index in [1.807, 2.05) is 48.7 Å². The predicted octanol–water partition coefficient (Wildman–Crippen LogP) is 2.54. The van der Waals surface area contributed by atoms with E-state index < -0.39 is 0 Å². The zero-order valence-electron chi connectivity index (χ0n) is 15.4. The number of imidazole rings is 1. The van der Waals surface area contributed by atoms with Crippen LogP contribution in [0.4, 0.5) is 0 Å². The van der Waals surface area contributed by atoms with Gasteiger partial charge in [-0.1, -0.05) is 44.2 Å². The maximum Gasteiger partial charge on any atom is 0.287 e. The Labute approximate surface area is 154 Å². The first-order valence-corrected chi connectivity index (χ1v) is 9.26. The van der Waals surface area contributed by atoms with E-state index in [2.05, 4.69) is 15.6 Å². The zero-order valence-corrected chi connectivity index (χ0v) is 15.4. The second-order valence-electron chi connectivity index (χ2n) is 7.11. The van der Waals surface area contributed by atoms with E-state index in [-0.39, 0.29) is 11.8 Å². The van der Waals surface area contributed by atoms with Gasteiger partial charge in [-0.15, -0.1) is 0 Å². The minimum absolute atomic E-state index is 0.205. The normalized spacial score (nSPS) is 13.3. The van der Waals surface area contributed by atoms with Crippen molar-refractivity contribution in [2.75, 3.05) is 6.54 Å². The quantitative estimate of drug-likeness (QED) is 0.837. The second-order valence-corrected chi connectivity index (χ2v) is 7.11. The number of rotatable bonds is 6. The van der Waals surface area contributed by atoms with E-state index >= 15 is 0 Å². The first kappa shape index (κ1) is 18.2. The highest BCUT2D eigenvalue weighted by Gasteiger charge is 2.27. The van der Waals surface area contributed by atoms with Crippen LogP contribution in [0.2, 0.25) is 0 Å². The first-order valence-electron chi connectivity index (χ1n) is 9.26. The van der Waals surface area contributed by atoms with Gasteiger partial charge in [0.1, 0.15) is 5.69 Å². The maximum atomic E-state index is 12.7. The lowest BCUT2D eigenvalue weighted by molar-refractivity contribution is 0.0933. The number of nitrogens with zero attached hydrogens (tertiary/aromatic N) is 2. The van der Waals surface area contributed by atoms with Gasteiger partial charge in [0.15, 0.2) is 5.82 Å². The summed E-state index contributed by atoms with van der Waals surface area (Å²) in [5.74, 6) is 0.292. The number of hydrogen-bond acceptors (Lipinski definition) is 3. The van der Waals surface area contributed by atoms with Crippen molar-refractivity contribution in [1.29, 1.82) is 0 Å². The van der Waals surface area contributed by atoms with Crippen LogP contribution < -0.4 is 10.6 Å². The van der Waals surface area contributed by atoms with E-state index in [9.17, 15) is 9.59 Å². The molecule has 0 radical (unpaired) electrons. The van der Waals surface area contributed by atoms with Crippen molar-refractivity contribution < 1.29 is 9.59 Å². The molecule has 1 aliphatic heterocycles. The highest BCUT2D eigenvalue weighted by Crippen LogP contribution is 2.21. The lowest BCUT2D eigenvalue weighted by Crippen LogP contribution is -2.30. The molecule has 1 aliphatic rings. The van der Waals surface area contributed by atoms with Crippen LogP contribution in [0.5, 0.6) is 0 Å². The summed E-state index contributed by atoms with van der Waals surface area (Å²) in [6.45, 7) is 5.86. The topological polar surface area (TPSA) is 76.0 Å². The largest absolute Gasteiger partial charge is 0.349 e. The van der Waals surface area contributed by atoms with Gasteiger partial charge in [-0.25, -0.2) is 4.98 Å². The molecule has 26 heavy (non-hydrogen) atoms. The Morgan fingerprint density at radius 2 is 1.88 bits per heavy atom. The number of amides is 2. The fourth-order valence-electron chi connectivity index (χ4n) is 3.14. The zero-order chi connectivity index (χ0) is 18.5. The maximum absolute atomic E-state index is 12.7. The Kier molecular flexibility index (Phi) is 5.71. The Morgan fingerprint density at radius 3 is 2.62 bits per heavy atom. The molecule has 2 heterocycles. The molecule has 0 bridgehead atoms. The molecular weight excluding hydrogens is 328 g/mol. The molecule has 1 aromatic heterocycles. The number of aromatic nitrogens is 2. The van der Waals surface area contributed by atoms with Gasteiger partial charge in [0, 0.05) is 19.6 Å². The predicted molar refractivity (Wildman–Crippen MR) is 99.9 cm³/mol. The highest BCUT2D eigenvalue weighted by atomic mass is 16.2. The summed E-state index contributed by atoms with van der Waals surface area (Å²) >= 11 is 0. The Hall–Kier alpha value is -2.63. The van der Waals surface area contributed by atoms with Crippen LogP contribution >= 0.6 is 0 Å². The molecule has 3 rings (SSSR count). The molecule has 0 saturated heterocycles. The molecule has 0 fully saturated rings. The number of benzene rings is 1. The third-order valence-electron chi connectivity index (χ3n) is 4.50. The summed E-state index contributed by atoms with van der Waals surface area (Å²) < 4.78 is 1.91. The van der Waals surface area contributed by atoms with Crippen molar-refractivity contribution in [3.8, 4) is 0 Å². The van der Waals surface area contributed by atoms with Crippen molar-refractivity contribution in [3.05, 3.63) is 53.1 Å². The molecule has 2 amide bonds. The highest BCUT2D eigenvalue weighted by molar-refractivity contribution is 5.97. The van der Waals surface area contributed by atoms with E-state index in [1.165, 1.54) is 0 Å². The first-order chi connectivity index (χ1) is 12.6. The summed E-state index contributed by atoms with van der Waals surface area (Å²) in [4.78, 5) is 29.6. The fraction of sp³-hybridized carbons (Fsp3) is 0.450. The molecule has 138 valence electrons. The van der Waals surface area contributed by atoms with Crippen molar-refractivity contribution >= 4 is 11.8 Å². The van der Waals surface area contributed by atoms with E-state index in [0.717, 1.165) is 37.1 Å². The standard InChI is InChI=1S/C20H26N4O2/c1-14(2)12-21-20(26)18-23-17(16-10-6-7-11-24(16)18)19(25)22-13-15-8-4-3-5-9-15/h3-5,8-9,14H,6-7,10-13H2,1-2H3,(H,21,26)(H,22,25). The van der Waals surface area contributed by atoms with Crippen LogP contribution in [0.3, 0.4) is 0 Å². The van der Waals surface area contributed by atoms with Gasteiger partial charge in [0.2, 0.25) is 0 Å². The molecule has 6 heteroatoms. The van der Waals surface area contributed by atoms with Gasteiger partial charge in [0.05, 0.1) is 5.69 Å². The van der Waals surface area contributed by atoms with Gasteiger partial charge >= 0.3 is 0 Å². The molecule has 0 unspecified atom stereocenters. The van der Waals surface area contributed by atoms with Crippen LogP contribution in [0, 0.1) is 5.92 Å². The van der Waals surface area contributed by atoms with Crippen LogP contribution in [-0.2, 0) is 19.5 Å². The number of carbonyl (C=O) groups is 2. The van der Waals surface area contributed by atoms with Crippen LogP contribution in [0.15, 0.2) is 30.3 Å². The van der Waals surface area contributed by atoms with Crippen molar-refractivity contribution in [2.24, 2.45) is 5.92 Å². The fourth-order valence-corrected chi connectivity index (χ4v) is 3.14. The Balaban J connectivity index is 1.78. The van der Waals surface area contributed by atoms with Gasteiger partial charge < -0.3 is 15.2 Å². The molecule has 6 nitrogen and oxygen atoms in total. The molecular formula is C20H26N4O2. The number of carbonyl (C=O) groups excluding carboxylic acids is 2. The molecule has 2 aromatic rings. The van der Waals surface area contributed by atoms with Crippen molar-refractivity contribution in [3.63, 3.8) is 0 Å². The number of fused-ring (bicyclic) bond motifs is 1. The van der Waals surface area contributed by atoms with E-state index in [4.69, 9.17) is 0 Å². The lowest BCUT2D eigenvalue weighted by atomic mass is 10.1. The molecule has 2 N–H and O–H groups in total. The monoisotopic (exact) mass is 354 g/mol. The smallest absolute Gasteiger partial charge is 0.287 e. The summed E-state index contributed by atoms with van der Waals surface area (Å²) in [6, 6.07) is 9.76. The van der Waals surface area contributed by atoms with E-state index in [0.29, 0.717) is 30.5 Å². The SMILES string of the molecule is CC(C)CNC(=O)c1nc(C(=O)NCc2ccccc2)c2n1CCCC2. The van der Waals surface area contributed by atoms with Crippen LogP contribution in [0.25, 0.3) is 0 Å². The van der Waals surface area contributed by atoms with Gasteiger partial charge in [-0.2, -0.15) is 0 Å². The number of nitrogens with one attached hydrogen (secondary N) is 2. The van der Waals surface area contributed by atoms with Gasteiger partial charge in [0.25, 0.3) is 11.8 Å². The van der Waals surface area contributed by atoms with Gasteiger partial charge in [-0.3, -0.25) is 9.59 Å². The third-order valence-corrected chi connectivity index (χ3v) is 4.50. The Morgan fingerprint density at radius 1 is 1.12 bits per heavy atom. The van der Waals surface area contributed by atoms with E-state index in [1.54, 1.807) is 0 Å². The summed E-state index contributed by atoms with van der Waals surface area (Å²) in [5.41, 5.74) is 2.29. The lowest BCUT2D eigenvalue weighted by Gasteiger charge is -2.17. The average molecular weight is 354 g/mol. The van der Waals surface area contributed by atoms with Crippen molar-refractivity contribution in [2.45, 2.75) is 46.2 Å². The molecule has 0 aliphatic carbocycles. The van der Waals surface area contributed by atoms with Gasteiger partial charge in [-0.05, 0) is 30.7 Å². The van der Waals surface area contributed by atoms with Crippen molar-refractivity contribution in [1.82, 2.24) is 20.2 Å². The Bertz CT molecular complexity index is 781. The molecule has 0 saturated carbocycles.